The molecule has 2 aromatic heterocycles. The Morgan fingerprint density at radius 1 is 0.829 bits per heavy atom. The van der Waals surface area contributed by atoms with Crippen LogP contribution in [-0.4, -0.2) is 16.0 Å². The largest absolute Gasteiger partial charge is 0.467 e. The first-order valence-electron chi connectivity index (χ1n) is 11.0. The Balaban J connectivity index is 1.50. The van der Waals surface area contributed by atoms with Crippen molar-refractivity contribution in [1.29, 1.82) is 0 Å². The van der Waals surface area contributed by atoms with Crippen LogP contribution in [0, 0.1) is 0 Å². The van der Waals surface area contributed by atoms with Crippen molar-refractivity contribution in [2.75, 3.05) is 0 Å². The van der Waals surface area contributed by atoms with Crippen LogP contribution in [-0.2, 0) is 0 Å². The van der Waals surface area contributed by atoms with Crippen LogP contribution in [0.1, 0.15) is 28.4 Å². The minimum atomic E-state index is -0.852. The molecule has 0 spiro atoms. The molecule has 6 rings (SSSR count). The number of aromatic nitrogens is 2. The Bertz CT molecular complexity index is 1650. The fourth-order valence-electron chi connectivity index (χ4n) is 4.41. The van der Waals surface area contributed by atoms with Crippen molar-refractivity contribution in [1.82, 2.24) is 10.2 Å². The van der Waals surface area contributed by atoms with Crippen molar-refractivity contribution < 1.29 is 13.9 Å². The first-order chi connectivity index (χ1) is 17.1. The molecule has 0 radical (unpaired) electrons. The molecule has 6 nitrogen and oxygen atoms in total. The normalized spacial score (nSPS) is 15.0. The number of carbonyl (C=O) groups is 1. The molecule has 170 valence electrons. The summed E-state index contributed by atoms with van der Waals surface area (Å²) >= 11 is 6.08. The lowest BCUT2D eigenvalue weighted by molar-refractivity contribution is 0.0834. The number of hydrogen-bond donors (Lipinski definition) is 0. The number of carbonyl (C=O) groups excluding carboxylic acids is 1. The minimum absolute atomic E-state index is 0.0381. The molecule has 0 bridgehead atoms. The molecule has 35 heavy (non-hydrogen) atoms. The highest BCUT2D eigenvalue weighted by molar-refractivity contribution is 6.31. The van der Waals surface area contributed by atoms with Crippen molar-refractivity contribution in [2.45, 2.75) is 12.5 Å². The van der Waals surface area contributed by atoms with Gasteiger partial charge in [-0.1, -0.05) is 72.3 Å². The van der Waals surface area contributed by atoms with E-state index in [1.165, 1.54) is 6.26 Å². The summed E-state index contributed by atoms with van der Waals surface area (Å²) < 4.78 is 11.8. The van der Waals surface area contributed by atoms with Gasteiger partial charge in [0, 0.05) is 16.1 Å². The average molecular weight is 481 g/mol. The number of ether oxygens (including phenoxy) is 1. The molecule has 0 fully saturated rings. The minimum Gasteiger partial charge on any atom is -0.467 e. The molecule has 3 heterocycles. The molecule has 1 unspecified atom stereocenters. The molecule has 1 atom stereocenters. The standard InChI is InChI=1S/C28H17ClN2O4/c29-18-11-12-22-19(13-18)27(33)20(15-34-22)23-14-21(32)25-24(16-7-3-1-4-8-16)26(30-31-28(25)35-23)17-9-5-2-6-10-17/h1-13,15,23H,14H2. The molecule has 1 aliphatic rings. The lowest BCUT2D eigenvalue weighted by atomic mass is 9.89. The number of ketones is 1. The van der Waals surface area contributed by atoms with Crippen molar-refractivity contribution in [3.8, 4) is 28.3 Å². The third-order valence-electron chi connectivity index (χ3n) is 6.06. The van der Waals surface area contributed by atoms with Gasteiger partial charge in [-0.25, -0.2) is 0 Å². The van der Waals surface area contributed by atoms with Crippen LogP contribution in [0.5, 0.6) is 5.88 Å². The Labute approximate surface area is 204 Å². The summed E-state index contributed by atoms with van der Waals surface area (Å²) in [6.07, 6.45) is 0.449. The number of benzene rings is 3. The molecule has 0 saturated carbocycles. The monoisotopic (exact) mass is 480 g/mol. The molecule has 1 aliphatic heterocycles. The maximum absolute atomic E-state index is 13.6. The van der Waals surface area contributed by atoms with Crippen molar-refractivity contribution >= 4 is 28.4 Å². The maximum Gasteiger partial charge on any atom is 0.245 e. The van der Waals surface area contributed by atoms with E-state index in [0.29, 0.717) is 32.8 Å². The number of halogens is 1. The molecule has 0 saturated heterocycles. The van der Waals surface area contributed by atoms with E-state index in [4.69, 9.17) is 20.8 Å². The Morgan fingerprint density at radius 3 is 2.29 bits per heavy atom. The number of fused-ring (bicyclic) bond motifs is 2. The van der Waals surface area contributed by atoms with Gasteiger partial charge in [0.05, 0.1) is 22.9 Å². The third kappa shape index (κ3) is 3.68. The summed E-state index contributed by atoms with van der Waals surface area (Å²) in [7, 11) is 0. The summed E-state index contributed by atoms with van der Waals surface area (Å²) in [4.78, 5) is 26.8. The predicted molar refractivity (Wildman–Crippen MR) is 133 cm³/mol. The summed E-state index contributed by atoms with van der Waals surface area (Å²) in [6, 6.07) is 24.0. The SMILES string of the molecule is O=C1CC(c2coc3ccc(Cl)cc3c2=O)Oc2nnc(-c3ccccc3)c(-c3ccccc3)c21. The fourth-order valence-corrected chi connectivity index (χ4v) is 4.58. The van der Waals surface area contributed by atoms with E-state index in [1.807, 2.05) is 60.7 Å². The van der Waals surface area contributed by atoms with E-state index < -0.39 is 6.10 Å². The van der Waals surface area contributed by atoms with E-state index >= 15 is 0 Å². The Hall–Kier alpha value is -4.29. The predicted octanol–water partition coefficient (Wildman–Crippen LogP) is 6.28. The van der Waals surface area contributed by atoms with Gasteiger partial charge in [-0.2, -0.15) is 0 Å². The average Bonchev–Trinajstić information content (AvgIpc) is 2.89. The van der Waals surface area contributed by atoms with Gasteiger partial charge in [0.25, 0.3) is 0 Å². The van der Waals surface area contributed by atoms with E-state index in [2.05, 4.69) is 10.2 Å². The van der Waals surface area contributed by atoms with Crippen LogP contribution in [0.25, 0.3) is 33.4 Å². The highest BCUT2D eigenvalue weighted by atomic mass is 35.5. The van der Waals surface area contributed by atoms with Gasteiger partial charge in [-0.15, -0.1) is 10.2 Å². The van der Waals surface area contributed by atoms with Gasteiger partial charge in [0.2, 0.25) is 5.88 Å². The van der Waals surface area contributed by atoms with E-state index in [1.54, 1.807) is 18.2 Å². The molecule has 0 N–H and O–H groups in total. The molecule has 0 aliphatic carbocycles. The van der Waals surface area contributed by atoms with Crippen LogP contribution in [0.15, 0.2) is 94.3 Å². The summed E-state index contributed by atoms with van der Waals surface area (Å²) in [5.74, 6) is -0.0943. The zero-order valence-electron chi connectivity index (χ0n) is 18.3. The molecule has 7 heteroatoms. The van der Waals surface area contributed by atoms with Gasteiger partial charge in [0.1, 0.15) is 23.6 Å². The Morgan fingerprint density at radius 2 is 1.54 bits per heavy atom. The molecular formula is C28H17ClN2O4. The van der Waals surface area contributed by atoms with Gasteiger partial charge in [-0.05, 0) is 23.8 Å². The lowest BCUT2D eigenvalue weighted by Gasteiger charge is -2.26. The smallest absolute Gasteiger partial charge is 0.245 e. The second-order valence-electron chi connectivity index (χ2n) is 8.23. The molecule has 0 amide bonds. The zero-order chi connectivity index (χ0) is 23.9. The highest BCUT2D eigenvalue weighted by Gasteiger charge is 2.35. The number of rotatable bonds is 3. The van der Waals surface area contributed by atoms with E-state index in [9.17, 15) is 9.59 Å². The molecule has 5 aromatic rings. The third-order valence-corrected chi connectivity index (χ3v) is 6.30. The first-order valence-corrected chi connectivity index (χ1v) is 11.4. The quantitative estimate of drug-likeness (QED) is 0.302. The van der Waals surface area contributed by atoms with Gasteiger partial charge in [0.15, 0.2) is 11.2 Å². The Kier molecular flexibility index (Phi) is 5.16. The van der Waals surface area contributed by atoms with Gasteiger partial charge in [-0.3, -0.25) is 9.59 Å². The van der Waals surface area contributed by atoms with E-state index in [0.717, 1.165) is 11.1 Å². The number of hydrogen-bond acceptors (Lipinski definition) is 6. The van der Waals surface area contributed by atoms with Gasteiger partial charge < -0.3 is 9.15 Å². The number of nitrogens with zero attached hydrogens (tertiary/aromatic N) is 2. The van der Waals surface area contributed by atoms with Crippen LogP contribution < -0.4 is 10.2 Å². The van der Waals surface area contributed by atoms with Crippen molar-refractivity contribution in [2.24, 2.45) is 0 Å². The first kappa shape index (κ1) is 21.3. The summed E-state index contributed by atoms with van der Waals surface area (Å²) in [6.45, 7) is 0. The maximum atomic E-state index is 13.6. The van der Waals surface area contributed by atoms with E-state index in [-0.39, 0.29) is 29.1 Å². The molecular weight excluding hydrogens is 464 g/mol. The summed E-state index contributed by atoms with van der Waals surface area (Å²) in [5, 5.41) is 9.45. The number of Topliss-reactive ketones (excluding diaryl/α,β-unsaturated/α-hetero) is 1. The fraction of sp³-hybridized carbons (Fsp3) is 0.0714. The topological polar surface area (TPSA) is 82.3 Å². The van der Waals surface area contributed by atoms with Crippen LogP contribution in [0.3, 0.4) is 0 Å². The lowest BCUT2D eigenvalue weighted by Crippen LogP contribution is -2.26. The summed E-state index contributed by atoms with van der Waals surface area (Å²) in [5.41, 5.74) is 3.60. The van der Waals surface area contributed by atoms with Crippen molar-refractivity contribution in [3.05, 3.63) is 111 Å². The molecule has 3 aromatic carbocycles. The van der Waals surface area contributed by atoms with Crippen LogP contribution in [0.2, 0.25) is 5.02 Å². The van der Waals surface area contributed by atoms with Crippen molar-refractivity contribution in [3.63, 3.8) is 0 Å². The second kappa shape index (κ2) is 8.49. The second-order valence-corrected chi connectivity index (χ2v) is 8.67. The highest BCUT2D eigenvalue weighted by Crippen LogP contribution is 2.42. The van der Waals surface area contributed by atoms with Crippen LogP contribution >= 0.6 is 11.6 Å². The zero-order valence-corrected chi connectivity index (χ0v) is 19.0. The van der Waals surface area contributed by atoms with Crippen LogP contribution in [0.4, 0.5) is 0 Å². The van der Waals surface area contributed by atoms with Gasteiger partial charge >= 0.3 is 0 Å².